The van der Waals surface area contributed by atoms with Crippen LogP contribution in [0, 0.1) is 0 Å². The van der Waals surface area contributed by atoms with Gasteiger partial charge in [-0.25, -0.2) is 0 Å². The van der Waals surface area contributed by atoms with E-state index in [1.807, 2.05) is 0 Å². The van der Waals surface area contributed by atoms with Crippen molar-refractivity contribution in [2.75, 3.05) is 9.80 Å². The maximum Gasteiger partial charge on any atom is 0.256 e. The van der Waals surface area contributed by atoms with Crippen LogP contribution in [0.1, 0.15) is 0 Å². The largest absolute Gasteiger partial charge is 0.458 e. The van der Waals surface area contributed by atoms with Crippen LogP contribution in [-0.2, 0) is 0 Å². The lowest BCUT2D eigenvalue weighted by Gasteiger charge is -2.44. The number of para-hydroxylation sites is 4. The van der Waals surface area contributed by atoms with Gasteiger partial charge in [0.1, 0.15) is 23.0 Å². The minimum absolute atomic E-state index is 0.187. The van der Waals surface area contributed by atoms with E-state index >= 15 is 0 Å². The van der Waals surface area contributed by atoms with Crippen molar-refractivity contribution in [3.05, 3.63) is 303 Å². The van der Waals surface area contributed by atoms with Crippen LogP contribution in [0.4, 0.5) is 34.1 Å². The van der Waals surface area contributed by atoms with Gasteiger partial charge in [0.25, 0.3) is 13.4 Å². The number of ether oxygens (including phenoxy) is 2. The van der Waals surface area contributed by atoms with E-state index in [1.54, 1.807) is 0 Å². The highest BCUT2D eigenvalue weighted by Crippen LogP contribution is 2.53. The molecule has 0 radical (unpaired) electrons. The molecule has 6 heteroatoms. The van der Waals surface area contributed by atoms with Gasteiger partial charge in [-0.15, -0.1) is 0 Å². The van der Waals surface area contributed by atoms with Crippen LogP contribution in [0.15, 0.2) is 303 Å². The second kappa shape index (κ2) is 19.4. The molecule has 4 aliphatic heterocycles. The molecule has 0 N–H and O–H groups in total. The molecule has 0 atom stereocenters. The Morgan fingerprint density at radius 2 is 0.583 bits per heavy atom. The van der Waals surface area contributed by atoms with E-state index < -0.39 is 0 Å². The first-order valence-corrected chi connectivity index (χ1v) is 29.0. The van der Waals surface area contributed by atoms with E-state index in [-0.39, 0.29) is 13.4 Å². The maximum atomic E-state index is 7.77. The lowest BCUT2D eigenvalue weighted by Crippen LogP contribution is -2.63. The molecule has 0 aliphatic carbocycles. The predicted molar refractivity (Wildman–Crippen MR) is 351 cm³/mol. The van der Waals surface area contributed by atoms with Gasteiger partial charge in [-0.05, 0) is 114 Å². The van der Waals surface area contributed by atoms with Crippen molar-refractivity contribution in [3.63, 3.8) is 0 Å². The summed E-state index contributed by atoms with van der Waals surface area (Å²) >= 11 is 0. The Balaban J connectivity index is 0.974. The van der Waals surface area contributed by atoms with Crippen molar-refractivity contribution in [2.45, 2.75) is 0 Å². The average molecular weight is 1070 g/mol. The van der Waals surface area contributed by atoms with Crippen molar-refractivity contribution in [3.8, 4) is 89.8 Å². The van der Waals surface area contributed by atoms with Crippen molar-refractivity contribution >= 4 is 80.3 Å². The maximum absolute atomic E-state index is 7.77. The quantitative estimate of drug-likeness (QED) is 0.142. The monoisotopic (exact) mass is 1070 g/mol. The first-order chi connectivity index (χ1) is 41.7. The highest BCUT2D eigenvalue weighted by molar-refractivity contribution is 7.02. The molecule has 4 nitrogen and oxygen atoms in total. The summed E-state index contributed by atoms with van der Waals surface area (Å²) in [4.78, 5) is 5.09. The minimum atomic E-state index is -0.202. The molecule has 0 aromatic heterocycles. The van der Waals surface area contributed by atoms with Crippen molar-refractivity contribution in [2.24, 2.45) is 0 Å². The van der Waals surface area contributed by atoms with E-state index in [2.05, 4.69) is 313 Å². The first kappa shape index (κ1) is 47.9. The van der Waals surface area contributed by atoms with Gasteiger partial charge in [-0.1, -0.05) is 261 Å². The molecule has 13 aromatic rings. The molecule has 0 unspecified atom stereocenters. The molecule has 0 saturated heterocycles. The van der Waals surface area contributed by atoms with Gasteiger partial charge in [0.2, 0.25) is 0 Å². The molecule has 84 heavy (non-hydrogen) atoms. The molecule has 17 rings (SSSR count). The molecular formula is C78H50B2N2O2. The summed E-state index contributed by atoms with van der Waals surface area (Å²) in [6.45, 7) is -0.389. The zero-order valence-electron chi connectivity index (χ0n) is 45.7. The molecule has 13 aromatic carbocycles. The van der Waals surface area contributed by atoms with Gasteiger partial charge in [0.15, 0.2) is 0 Å². The summed E-state index contributed by atoms with van der Waals surface area (Å²) < 4.78 is 15.0. The summed E-state index contributed by atoms with van der Waals surface area (Å²) in [7, 11) is 0. The fourth-order valence-corrected chi connectivity index (χ4v) is 13.9. The van der Waals surface area contributed by atoms with Gasteiger partial charge in [-0.2, -0.15) is 0 Å². The van der Waals surface area contributed by atoms with Gasteiger partial charge in [-0.3, -0.25) is 0 Å². The highest BCUT2D eigenvalue weighted by atomic mass is 16.5. The zero-order chi connectivity index (χ0) is 55.2. The molecule has 0 spiro atoms. The van der Waals surface area contributed by atoms with Crippen LogP contribution in [-0.4, -0.2) is 13.4 Å². The molecular weight excluding hydrogens is 1020 g/mol. The van der Waals surface area contributed by atoms with Crippen LogP contribution >= 0.6 is 0 Å². The number of benzene rings is 13. The van der Waals surface area contributed by atoms with Gasteiger partial charge in [0.05, 0.1) is 11.4 Å². The van der Waals surface area contributed by atoms with Gasteiger partial charge in [0, 0.05) is 51.1 Å². The van der Waals surface area contributed by atoms with Crippen LogP contribution in [0.3, 0.4) is 0 Å². The van der Waals surface area contributed by atoms with Crippen molar-refractivity contribution in [1.82, 2.24) is 0 Å². The highest BCUT2D eigenvalue weighted by Gasteiger charge is 2.48. The summed E-state index contributed by atoms with van der Waals surface area (Å²) in [6.07, 6.45) is 0. The number of rotatable bonds is 8. The Labute approximate surface area is 489 Å². The molecule has 0 saturated carbocycles. The van der Waals surface area contributed by atoms with Gasteiger partial charge >= 0.3 is 0 Å². The van der Waals surface area contributed by atoms with Crippen LogP contribution < -0.4 is 52.1 Å². The fraction of sp³-hybridized carbons (Fsp3) is 0. The van der Waals surface area contributed by atoms with E-state index in [0.717, 1.165) is 146 Å². The second-order valence-corrected chi connectivity index (χ2v) is 22.2. The standard InChI is InChI=1S/C78H50B2N2O2/c1-7-25-51(26-8-1)57-45-69-75-74(48-57)84-72-50-68-65(49-66(72)79(75)63-41-19-21-43-67(63)81(69)77-59(53-29-11-3-12-30-53)37-23-38-60(77)54-31-13-4-14-32-54)80-64-42-20-22-44-71(64)83-73-47-58(52-27-9-2-10-28-52)46-70(76(73)80)82(68)78-61(55-33-15-5-16-34-55)39-24-40-62(78)56-35-17-6-18-36-56/h1-50H. The Morgan fingerprint density at radius 1 is 0.214 bits per heavy atom. The number of fused-ring (bicyclic) bond motifs is 8. The smallest absolute Gasteiger partial charge is 0.256 e. The lowest BCUT2D eigenvalue weighted by atomic mass is 9.31. The summed E-state index contributed by atoms with van der Waals surface area (Å²) in [6, 6.07) is 110. The van der Waals surface area contributed by atoms with Crippen LogP contribution in [0.25, 0.3) is 66.8 Å². The normalized spacial score (nSPS) is 12.9. The Bertz CT molecular complexity index is 4620. The molecule has 0 bridgehead atoms. The van der Waals surface area contributed by atoms with Crippen LogP contribution in [0.2, 0.25) is 0 Å². The van der Waals surface area contributed by atoms with Gasteiger partial charge < -0.3 is 19.3 Å². The number of anilines is 6. The third-order valence-electron chi connectivity index (χ3n) is 17.6. The number of hydrogen-bond donors (Lipinski definition) is 0. The van der Waals surface area contributed by atoms with Crippen molar-refractivity contribution < 1.29 is 9.47 Å². The van der Waals surface area contributed by atoms with Crippen LogP contribution in [0.5, 0.6) is 23.0 Å². The number of nitrogens with zero attached hydrogens (tertiary/aromatic N) is 2. The Kier molecular flexibility index (Phi) is 11.1. The lowest BCUT2D eigenvalue weighted by molar-refractivity contribution is 0.487. The molecule has 0 amide bonds. The summed E-state index contributed by atoms with van der Waals surface area (Å²) in [5.74, 6) is 3.38. The van der Waals surface area contributed by atoms with E-state index in [1.165, 1.54) is 10.9 Å². The van der Waals surface area contributed by atoms with E-state index in [4.69, 9.17) is 9.47 Å². The second-order valence-electron chi connectivity index (χ2n) is 22.2. The Morgan fingerprint density at radius 3 is 1.05 bits per heavy atom. The van der Waals surface area contributed by atoms with Crippen molar-refractivity contribution in [1.29, 1.82) is 0 Å². The topological polar surface area (TPSA) is 24.9 Å². The fourth-order valence-electron chi connectivity index (χ4n) is 13.9. The zero-order valence-corrected chi connectivity index (χ0v) is 45.7. The molecule has 390 valence electrons. The third-order valence-corrected chi connectivity index (χ3v) is 17.6. The Hall–Kier alpha value is -10.8. The molecule has 4 heterocycles. The first-order valence-electron chi connectivity index (χ1n) is 29.0. The molecule has 4 aliphatic rings. The average Bonchev–Trinajstić information content (AvgIpc) is 0.974. The van der Waals surface area contributed by atoms with E-state index in [9.17, 15) is 0 Å². The summed E-state index contributed by atoms with van der Waals surface area (Å²) in [5, 5.41) is 0. The summed E-state index contributed by atoms with van der Waals surface area (Å²) in [5.41, 5.74) is 26.9. The predicted octanol–water partition coefficient (Wildman–Crippen LogP) is 16.5. The molecule has 0 fully saturated rings. The SMILES string of the molecule is c1ccc(-c2cc3c4c(c2)N(c2c(-c5ccccc5)cccc2-c2ccccc2)c2ccccc2B4c2cc4c(cc2O3)N(c2c(-c3ccccc3)cccc2-c2ccccc2)c2cc(-c3ccccc3)cc3c2B4c2ccccc2O3)cc1. The van der Waals surface area contributed by atoms with E-state index in [0.29, 0.717) is 0 Å². The number of hydrogen-bond acceptors (Lipinski definition) is 4. The minimum Gasteiger partial charge on any atom is -0.458 e. The third kappa shape index (κ3) is 7.57.